The highest BCUT2D eigenvalue weighted by Gasteiger charge is 2.41. The minimum Gasteiger partial charge on any atom is -0.370 e. The molecule has 92 valence electrons. The van der Waals surface area contributed by atoms with Crippen molar-refractivity contribution in [2.24, 2.45) is 0 Å². The number of halogens is 1. The van der Waals surface area contributed by atoms with Crippen LogP contribution in [-0.4, -0.2) is 24.6 Å². The van der Waals surface area contributed by atoms with Gasteiger partial charge in [0.1, 0.15) is 6.10 Å². The molecule has 1 aromatic carbocycles. The number of carbonyl (C=O) groups is 1. The smallest absolute Gasteiger partial charge is 0.166 e. The number of ether oxygens (including phenoxy) is 2. The topological polar surface area (TPSA) is 35.5 Å². The molecular formula is C13H15ClO3. The largest absolute Gasteiger partial charge is 0.370 e. The number of ketones is 1. The summed E-state index contributed by atoms with van der Waals surface area (Å²) in [4.78, 5) is 11.3. The molecule has 2 atom stereocenters. The van der Waals surface area contributed by atoms with E-state index in [0.717, 1.165) is 5.56 Å². The highest BCUT2D eigenvalue weighted by Crippen LogP contribution is 2.24. The average molecular weight is 255 g/mol. The van der Waals surface area contributed by atoms with E-state index in [9.17, 15) is 4.79 Å². The molecule has 0 amide bonds. The normalized spacial score (nSPS) is 23.5. The molecule has 1 aliphatic rings. The Kier molecular flexibility index (Phi) is 4.15. The zero-order chi connectivity index (χ0) is 12.3. The Morgan fingerprint density at radius 2 is 2.24 bits per heavy atom. The molecule has 4 heteroatoms. The van der Waals surface area contributed by atoms with Gasteiger partial charge in [0, 0.05) is 18.1 Å². The summed E-state index contributed by atoms with van der Waals surface area (Å²) in [5.74, 6) is 0.128. The Morgan fingerprint density at radius 1 is 1.41 bits per heavy atom. The lowest BCUT2D eigenvalue weighted by Crippen LogP contribution is -2.50. The second kappa shape index (κ2) is 5.63. The quantitative estimate of drug-likeness (QED) is 0.810. The first-order chi connectivity index (χ1) is 8.20. The second-order valence-corrected chi connectivity index (χ2v) is 4.46. The summed E-state index contributed by atoms with van der Waals surface area (Å²) in [5.41, 5.74) is 1.01. The van der Waals surface area contributed by atoms with Crippen LogP contribution in [0.1, 0.15) is 18.9 Å². The maximum absolute atomic E-state index is 11.3. The highest BCUT2D eigenvalue weighted by atomic mass is 35.5. The first-order valence-corrected chi connectivity index (χ1v) is 6.09. The van der Waals surface area contributed by atoms with Crippen LogP contribution in [0.25, 0.3) is 0 Å². The van der Waals surface area contributed by atoms with Crippen LogP contribution in [0, 0.1) is 0 Å². The third-order valence-electron chi connectivity index (χ3n) is 2.76. The molecular weight excluding hydrogens is 240 g/mol. The standard InChI is InChI=1S/C13H15ClO3/c1-2-16-13-11(15)7-12(13)17-8-9-4-3-5-10(14)6-9/h3-6,12-13H,2,7-8H2,1H3. The fraction of sp³-hybridized carbons (Fsp3) is 0.462. The summed E-state index contributed by atoms with van der Waals surface area (Å²) in [6.45, 7) is 2.87. The number of hydrogen-bond acceptors (Lipinski definition) is 3. The van der Waals surface area contributed by atoms with Crippen molar-refractivity contribution in [2.75, 3.05) is 6.61 Å². The summed E-state index contributed by atoms with van der Waals surface area (Å²) in [7, 11) is 0. The van der Waals surface area contributed by atoms with Crippen molar-refractivity contribution in [3.63, 3.8) is 0 Å². The van der Waals surface area contributed by atoms with Crippen molar-refractivity contribution in [3.05, 3.63) is 34.9 Å². The van der Waals surface area contributed by atoms with E-state index in [1.165, 1.54) is 0 Å². The molecule has 2 rings (SSSR count). The van der Waals surface area contributed by atoms with Crippen molar-refractivity contribution in [1.29, 1.82) is 0 Å². The molecule has 1 fully saturated rings. The van der Waals surface area contributed by atoms with Crippen LogP contribution in [0.4, 0.5) is 0 Å². The third-order valence-corrected chi connectivity index (χ3v) is 2.99. The second-order valence-electron chi connectivity index (χ2n) is 4.03. The predicted molar refractivity (Wildman–Crippen MR) is 65.1 cm³/mol. The van der Waals surface area contributed by atoms with Gasteiger partial charge in [-0.3, -0.25) is 4.79 Å². The van der Waals surface area contributed by atoms with E-state index in [4.69, 9.17) is 21.1 Å². The summed E-state index contributed by atoms with van der Waals surface area (Å²) < 4.78 is 11.0. The number of rotatable bonds is 5. The monoisotopic (exact) mass is 254 g/mol. The molecule has 0 bridgehead atoms. The van der Waals surface area contributed by atoms with Crippen molar-refractivity contribution in [3.8, 4) is 0 Å². The molecule has 0 spiro atoms. The minimum absolute atomic E-state index is 0.110. The first-order valence-electron chi connectivity index (χ1n) is 5.71. The van der Waals surface area contributed by atoms with Gasteiger partial charge in [-0.05, 0) is 24.6 Å². The molecule has 1 aromatic rings. The molecule has 0 radical (unpaired) electrons. The molecule has 2 unspecified atom stereocenters. The van der Waals surface area contributed by atoms with Crippen LogP contribution in [-0.2, 0) is 20.9 Å². The Hall–Kier alpha value is -0.900. The Labute approximate surface area is 106 Å². The zero-order valence-corrected chi connectivity index (χ0v) is 10.4. The summed E-state index contributed by atoms with van der Waals surface area (Å²) >= 11 is 5.88. The lowest BCUT2D eigenvalue weighted by Gasteiger charge is -2.34. The van der Waals surface area contributed by atoms with Crippen molar-refractivity contribution >= 4 is 17.4 Å². The number of carbonyl (C=O) groups excluding carboxylic acids is 1. The number of benzene rings is 1. The molecule has 1 saturated carbocycles. The van der Waals surface area contributed by atoms with Gasteiger partial charge in [-0.1, -0.05) is 23.7 Å². The maximum atomic E-state index is 11.3. The van der Waals surface area contributed by atoms with E-state index >= 15 is 0 Å². The molecule has 3 nitrogen and oxygen atoms in total. The third kappa shape index (κ3) is 3.06. The number of Topliss-reactive ketones (excluding diaryl/α,β-unsaturated/α-hetero) is 1. The lowest BCUT2D eigenvalue weighted by molar-refractivity contribution is -0.166. The van der Waals surface area contributed by atoms with E-state index in [1.54, 1.807) is 0 Å². The summed E-state index contributed by atoms with van der Waals surface area (Å²) in [6, 6.07) is 7.51. The fourth-order valence-corrected chi connectivity index (χ4v) is 2.04. The summed E-state index contributed by atoms with van der Waals surface area (Å²) in [5, 5.41) is 0.692. The van der Waals surface area contributed by atoms with Gasteiger partial charge in [-0.2, -0.15) is 0 Å². The molecule has 17 heavy (non-hydrogen) atoms. The molecule has 1 aliphatic carbocycles. The van der Waals surface area contributed by atoms with Crippen LogP contribution in [0.3, 0.4) is 0 Å². The van der Waals surface area contributed by atoms with Crippen molar-refractivity contribution in [1.82, 2.24) is 0 Å². The van der Waals surface area contributed by atoms with Crippen molar-refractivity contribution in [2.45, 2.75) is 32.2 Å². The van der Waals surface area contributed by atoms with E-state index in [1.807, 2.05) is 31.2 Å². The van der Waals surface area contributed by atoms with Crippen LogP contribution in [0.5, 0.6) is 0 Å². The van der Waals surface area contributed by atoms with E-state index in [-0.39, 0.29) is 18.0 Å². The van der Waals surface area contributed by atoms with Crippen LogP contribution >= 0.6 is 11.6 Å². The molecule has 0 heterocycles. The fourth-order valence-electron chi connectivity index (χ4n) is 1.82. The van der Waals surface area contributed by atoms with Gasteiger partial charge >= 0.3 is 0 Å². The Balaban J connectivity index is 1.84. The van der Waals surface area contributed by atoms with E-state index < -0.39 is 0 Å². The van der Waals surface area contributed by atoms with Crippen molar-refractivity contribution < 1.29 is 14.3 Å². The maximum Gasteiger partial charge on any atom is 0.166 e. The molecule has 0 aromatic heterocycles. The predicted octanol–water partition coefficient (Wildman–Crippen LogP) is 2.60. The van der Waals surface area contributed by atoms with Gasteiger partial charge < -0.3 is 9.47 Å². The van der Waals surface area contributed by atoms with Crippen LogP contribution in [0.2, 0.25) is 5.02 Å². The van der Waals surface area contributed by atoms with Gasteiger partial charge in [0.15, 0.2) is 5.78 Å². The van der Waals surface area contributed by atoms with Gasteiger partial charge in [-0.15, -0.1) is 0 Å². The Bertz CT molecular complexity index is 405. The average Bonchev–Trinajstić information content (AvgIpc) is 2.31. The molecule has 0 N–H and O–H groups in total. The van der Waals surface area contributed by atoms with Gasteiger partial charge in [0.2, 0.25) is 0 Å². The minimum atomic E-state index is -0.376. The first kappa shape index (κ1) is 12.6. The molecule has 0 aliphatic heterocycles. The van der Waals surface area contributed by atoms with Gasteiger partial charge in [0.25, 0.3) is 0 Å². The van der Waals surface area contributed by atoms with E-state index in [2.05, 4.69) is 0 Å². The zero-order valence-electron chi connectivity index (χ0n) is 9.69. The Morgan fingerprint density at radius 3 is 2.88 bits per heavy atom. The summed E-state index contributed by atoms with van der Waals surface area (Å²) in [6.07, 6.45) is -0.0359. The van der Waals surface area contributed by atoms with Crippen LogP contribution in [0.15, 0.2) is 24.3 Å². The van der Waals surface area contributed by atoms with Gasteiger partial charge in [0.05, 0.1) is 12.7 Å². The lowest BCUT2D eigenvalue weighted by atomic mass is 9.90. The number of hydrogen-bond donors (Lipinski definition) is 0. The SMILES string of the molecule is CCOC1C(=O)CC1OCc1cccc(Cl)c1. The highest BCUT2D eigenvalue weighted by molar-refractivity contribution is 6.30. The van der Waals surface area contributed by atoms with Crippen LogP contribution < -0.4 is 0 Å². The molecule has 0 saturated heterocycles. The van der Waals surface area contributed by atoms with Gasteiger partial charge in [-0.25, -0.2) is 0 Å². The van der Waals surface area contributed by atoms with E-state index in [0.29, 0.717) is 24.7 Å².